The van der Waals surface area contributed by atoms with Crippen molar-refractivity contribution in [2.75, 3.05) is 24.5 Å². The first kappa shape index (κ1) is 13.3. The standard InChI is InChI=1S/C15H21N5/c1-11-7-13(8-16)19-15(18-11)20(14-4-5-14)10-12-3-2-6-17-9-12/h7,12,14,17H,2-6,9-10H2,1H3. The van der Waals surface area contributed by atoms with E-state index in [2.05, 4.69) is 26.3 Å². The van der Waals surface area contributed by atoms with E-state index in [1.54, 1.807) is 6.07 Å². The lowest BCUT2D eigenvalue weighted by molar-refractivity contribution is 0.374. The predicted octanol–water partition coefficient (Wildman–Crippen LogP) is 1.63. The van der Waals surface area contributed by atoms with E-state index in [0.717, 1.165) is 31.3 Å². The minimum atomic E-state index is 0.472. The lowest BCUT2D eigenvalue weighted by atomic mass is 9.99. The highest BCUT2D eigenvalue weighted by Gasteiger charge is 2.33. The molecule has 1 N–H and O–H groups in total. The lowest BCUT2D eigenvalue weighted by Crippen LogP contribution is -2.40. The number of aryl methyl sites for hydroxylation is 1. The summed E-state index contributed by atoms with van der Waals surface area (Å²) in [6.07, 6.45) is 4.97. The Morgan fingerprint density at radius 2 is 2.25 bits per heavy atom. The fourth-order valence-corrected chi connectivity index (χ4v) is 2.88. The number of hydrogen-bond acceptors (Lipinski definition) is 5. The number of aromatic nitrogens is 2. The molecule has 2 heterocycles. The van der Waals surface area contributed by atoms with E-state index in [1.165, 1.54) is 25.7 Å². The van der Waals surface area contributed by atoms with Gasteiger partial charge in [0.05, 0.1) is 0 Å². The molecule has 0 amide bonds. The van der Waals surface area contributed by atoms with Crippen LogP contribution in [0.3, 0.4) is 0 Å². The summed E-state index contributed by atoms with van der Waals surface area (Å²) in [5.74, 6) is 1.41. The Kier molecular flexibility index (Phi) is 3.83. The summed E-state index contributed by atoms with van der Waals surface area (Å²) < 4.78 is 0. The molecule has 1 aliphatic carbocycles. The molecule has 1 unspecified atom stereocenters. The molecule has 1 aromatic rings. The van der Waals surface area contributed by atoms with Gasteiger partial charge in [0.2, 0.25) is 5.95 Å². The maximum Gasteiger partial charge on any atom is 0.227 e. The summed E-state index contributed by atoms with van der Waals surface area (Å²) in [5, 5.41) is 12.5. The Morgan fingerprint density at radius 3 is 2.90 bits per heavy atom. The van der Waals surface area contributed by atoms with Gasteiger partial charge in [0.1, 0.15) is 11.8 Å². The molecule has 1 atom stereocenters. The van der Waals surface area contributed by atoms with Crippen LogP contribution >= 0.6 is 0 Å². The number of hydrogen-bond donors (Lipinski definition) is 1. The molecule has 0 aromatic carbocycles. The monoisotopic (exact) mass is 271 g/mol. The van der Waals surface area contributed by atoms with Crippen LogP contribution in [0.2, 0.25) is 0 Å². The number of nitrogens with zero attached hydrogens (tertiary/aromatic N) is 4. The molecule has 1 saturated heterocycles. The molecule has 20 heavy (non-hydrogen) atoms. The summed E-state index contributed by atoms with van der Waals surface area (Å²) in [7, 11) is 0. The Balaban J connectivity index is 1.79. The van der Waals surface area contributed by atoms with Gasteiger partial charge < -0.3 is 10.2 Å². The second kappa shape index (κ2) is 5.76. The van der Waals surface area contributed by atoms with E-state index >= 15 is 0 Å². The minimum absolute atomic E-state index is 0.472. The average molecular weight is 271 g/mol. The van der Waals surface area contributed by atoms with Crippen molar-refractivity contribution < 1.29 is 0 Å². The highest BCUT2D eigenvalue weighted by molar-refractivity contribution is 5.38. The first-order valence-electron chi connectivity index (χ1n) is 7.49. The summed E-state index contributed by atoms with van der Waals surface area (Å²) in [6, 6.07) is 4.46. The Hall–Kier alpha value is -1.67. The third-order valence-corrected chi connectivity index (χ3v) is 4.06. The van der Waals surface area contributed by atoms with Crippen molar-refractivity contribution in [3.8, 4) is 6.07 Å². The van der Waals surface area contributed by atoms with Crippen molar-refractivity contribution in [3.05, 3.63) is 17.5 Å². The van der Waals surface area contributed by atoms with Gasteiger partial charge in [0, 0.05) is 18.3 Å². The van der Waals surface area contributed by atoms with Gasteiger partial charge in [-0.15, -0.1) is 0 Å². The van der Waals surface area contributed by atoms with Gasteiger partial charge in [0.15, 0.2) is 0 Å². The second-order valence-electron chi connectivity index (χ2n) is 5.90. The SMILES string of the molecule is Cc1cc(C#N)nc(N(CC2CCCNC2)C2CC2)n1. The average Bonchev–Trinajstić information content (AvgIpc) is 3.29. The summed E-state index contributed by atoms with van der Waals surface area (Å²) >= 11 is 0. The van der Waals surface area contributed by atoms with Crippen molar-refractivity contribution >= 4 is 5.95 Å². The van der Waals surface area contributed by atoms with E-state index in [1.807, 2.05) is 6.92 Å². The topological polar surface area (TPSA) is 64.8 Å². The van der Waals surface area contributed by atoms with Crippen LogP contribution in [0.15, 0.2) is 6.07 Å². The molecule has 5 heteroatoms. The van der Waals surface area contributed by atoms with E-state index in [0.29, 0.717) is 17.7 Å². The van der Waals surface area contributed by atoms with Crippen molar-refractivity contribution in [1.82, 2.24) is 15.3 Å². The van der Waals surface area contributed by atoms with Crippen LogP contribution in [-0.2, 0) is 0 Å². The molecule has 1 aliphatic heterocycles. The summed E-state index contributed by atoms with van der Waals surface area (Å²) in [5.41, 5.74) is 1.35. The van der Waals surface area contributed by atoms with Crippen LogP contribution in [-0.4, -0.2) is 35.6 Å². The molecule has 106 valence electrons. The fourth-order valence-electron chi connectivity index (χ4n) is 2.88. The van der Waals surface area contributed by atoms with Crippen LogP contribution in [0.25, 0.3) is 0 Å². The van der Waals surface area contributed by atoms with Gasteiger partial charge in [-0.2, -0.15) is 5.26 Å². The van der Waals surface area contributed by atoms with E-state index in [-0.39, 0.29) is 0 Å². The lowest BCUT2D eigenvalue weighted by Gasteiger charge is -2.30. The van der Waals surface area contributed by atoms with Crippen LogP contribution in [0.1, 0.15) is 37.1 Å². The molecule has 0 spiro atoms. The smallest absolute Gasteiger partial charge is 0.227 e. The van der Waals surface area contributed by atoms with Gasteiger partial charge in [-0.3, -0.25) is 0 Å². The number of rotatable bonds is 4. The maximum absolute atomic E-state index is 9.08. The van der Waals surface area contributed by atoms with Gasteiger partial charge >= 0.3 is 0 Å². The highest BCUT2D eigenvalue weighted by atomic mass is 15.3. The third-order valence-electron chi connectivity index (χ3n) is 4.06. The van der Waals surface area contributed by atoms with Gasteiger partial charge in [-0.25, -0.2) is 9.97 Å². The van der Waals surface area contributed by atoms with Crippen molar-refractivity contribution in [2.24, 2.45) is 5.92 Å². The van der Waals surface area contributed by atoms with Crippen molar-refractivity contribution in [2.45, 2.75) is 38.6 Å². The third kappa shape index (κ3) is 3.07. The molecule has 5 nitrogen and oxygen atoms in total. The zero-order chi connectivity index (χ0) is 13.9. The molecule has 0 bridgehead atoms. The number of nitrogens with one attached hydrogen (secondary N) is 1. The first-order valence-corrected chi connectivity index (χ1v) is 7.49. The number of anilines is 1. The Bertz CT molecular complexity index is 511. The van der Waals surface area contributed by atoms with E-state index in [9.17, 15) is 0 Å². The van der Waals surface area contributed by atoms with Gasteiger partial charge in [0.25, 0.3) is 0 Å². The largest absolute Gasteiger partial charge is 0.337 e. The minimum Gasteiger partial charge on any atom is -0.337 e. The molecule has 3 rings (SSSR count). The fraction of sp³-hybridized carbons (Fsp3) is 0.667. The molecule has 2 fully saturated rings. The van der Waals surface area contributed by atoms with Gasteiger partial charge in [-0.1, -0.05) is 0 Å². The second-order valence-corrected chi connectivity index (χ2v) is 5.90. The van der Waals surface area contributed by atoms with Gasteiger partial charge in [-0.05, 0) is 57.7 Å². The van der Waals surface area contributed by atoms with Crippen LogP contribution in [0, 0.1) is 24.2 Å². The Labute approximate surface area is 120 Å². The highest BCUT2D eigenvalue weighted by Crippen LogP contribution is 2.31. The zero-order valence-electron chi connectivity index (χ0n) is 12.0. The number of piperidine rings is 1. The Morgan fingerprint density at radius 1 is 1.40 bits per heavy atom. The normalized spacial score (nSPS) is 22.3. The summed E-state index contributed by atoms with van der Waals surface area (Å²) in [4.78, 5) is 11.3. The number of nitriles is 1. The summed E-state index contributed by atoms with van der Waals surface area (Å²) in [6.45, 7) is 5.16. The molecule has 1 saturated carbocycles. The first-order chi connectivity index (χ1) is 9.76. The van der Waals surface area contributed by atoms with Crippen LogP contribution < -0.4 is 10.2 Å². The molecular weight excluding hydrogens is 250 g/mol. The van der Waals surface area contributed by atoms with E-state index in [4.69, 9.17) is 5.26 Å². The quantitative estimate of drug-likeness (QED) is 0.901. The molecule has 1 aromatic heterocycles. The molecule has 2 aliphatic rings. The maximum atomic E-state index is 9.08. The van der Waals surface area contributed by atoms with E-state index < -0.39 is 0 Å². The zero-order valence-corrected chi connectivity index (χ0v) is 12.0. The molecular formula is C15H21N5. The predicted molar refractivity (Wildman–Crippen MR) is 77.4 cm³/mol. The molecule has 0 radical (unpaired) electrons. The van der Waals surface area contributed by atoms with Crippen LogP contribution in [0.4, 0.5) is 5.95 Å². The van der Waals surface area contributed by atoms with Crippen LogP contribution in [0.5, 0.6) is 0 Å². The van der Waals surface area contributed by atoms with Crippen molar-refractivity contribution in [3.63, 3.8) is 0 Å². The van der Waals surface area contributed by atoms with Crippen molar-refractivity contribution in [1.29, 1.82) is 5.26 Å².